The molecule has 2 heterocycles. The van der Waals surface area contributed by atoms with Crippen molar-refractivity contribution in [2.24, 2.45) is 40.5 Å². The molecule has 0 bridgehead atoms. The summed E-state index contributed by atoms with van der Waals surface area (Å²) in [4.78, 5) is 48.7. The summed E-state index contributed by atoms with van der Waals surface area (Å²) in [6.45, 7) is 19.4. The smallest absolute Gasteiger partial charge is 0.329 e. The zero-order valence-corrected chi connectivity index (χ0v) is 42.9. The van der Waals surface area contributed by atoms with E-state index < -0.39 is 77.9 Å². The van der Waals surface area contributed by atoms with Gasteiger partial charge in [0.2, 0.25) is 5.79 Å². The highest BCUT2D eigenvalue weighted by molar-refractivity contribution is 6.39. The minimum atomic E-state index is -2.41. The lowest BCUT2D eigenvalue weighted by Gasteiger charge is -2.43. The van der Waals surface area contributed by atoms with Gasteiger partial charge in [-0.25, -0.2) is 4.79 Å². The molecule has 3 fully saturated rings. The van der Waals surface area contributed by atoms with Crippen LogP contribution in [0.15, 0.2) is 53.1 Å². The number of carbonyl (C=O) groups is 3. The van der Waals surface area contributed by atoms with Gasteiger partial charge in [0.05, 0.1) is 30.5 Å². The van der Waals surface area contributed by atoms with Gasteiger partial charge in [-0.2, -0.15) is 0 Å². The normalized spacial score (nSPS) is 29.4. The van der Waals surface area contributed by atoms with Gasteiger partial charge in [0.1, 0.15) is 24.4 Å². The van der Waals surface area contributed by atoms with Gasteiger partial charge in [-0.05, 0) is 113 Å². The van der Waals surface area contributed by atoms with Crippen LogP contribution in [-0.2, 0) is 38.1 Å². The first-order chi connectivity index (χ1) is 31.7. The van der Waals surface area contributed by atoms with E-state index in [1.807, 2.05) is 39.0 Å². The number of aliphatic hydroxyl groups is 4. The van der Waals surface area contributed by atoms with Crippen molar-refractivity contribution in [3.63, 3.8) is 0 Å². The van der Waals surface area contributed by atoms with E-state index in [1.165, 1.54) is 4.90 Å². The van der Waals surface area contributed by atoms with Gasteiger partial charge in [0.25, 0.3) is 11.7 Å². The van der Waals surface area contributed by atoms with Gasteiger partial charge in [-0.1, -0.05) is 78.5 Å². The first kappa shape index (κ1) is 58.2. The Labute approximate surface area is 402 Å². The first-order valence-electron chi connectivity index (χ1n) is 24.9. The number of likely N-dealkylation sites (tertiary alicyclic amines) is 1. The largest absolute Gasteiger partial charge is 0.460 e. The summed E-state index contributed by atoms with van der Waals surface area (Å²) < 4.78 is 29.6. The van der Waals surface area contributed by atoms with Crippen molar-refractivity contribution in [1.82, 2.24) is 4.90 Å². The number of Topliss-reactive ketones (excluding diaryl/α,β-unsaturated/α-hetero) is 1. The van der Waals surface area contributed by atoms with Crippen molar-refractivity contribution in [2.45, 2.75) is 193 Å². The minimum absolute atomic E-state index is 0.0611. The highest BCUT2D eigenvalue weighted by atomic mass is 16.6. The molecule has 3 rings (SSSR count). The summed E-state index contributed by atoms with van der Waals surface area (Å²) in [5.41, 5.74) is 2.29. The number of methoxy groups -OCH3 is 3. The molecule has 2 saturated heterocycles. The number of hydrogen-bond donors (Lipinski definition) is 4. The van der Waals surface area contributed by atoms with E-state index in [4.69, 9.17) is 23.7 Å². The Morgan fingerprint density at radius 2 is 1.63 bits per heavy atom. The van der Waals surface area contributed by atoms with E-state index in [1.54, 1.807) is 54.4 Å². The zero-order chi connectivity index (χ0) is 50.2. The summed E-state index contributed by atoms with van der Waals surface area (Å²) in [5, 5.41) is 45.8. The lowest BCUT2D eigenvalue weighted by Crippen LogP contribution is -2.61. The second-order valence-electron chi connectivity index (χ2n) is 20.3. The van der Waals surface area contributed by atoms with Crippen molar-refractivity contribution < 1.29 is 58.5 Å². The van der Waals surface area contributed by atoms with E-state index >= 15 is 0 Å². The summed E-state index contributed by atoms with van der Waals surface area (Å²) >= 11 is 0. The fourth-order valence-electron chi connectivity index (χ4n) is 10.5. The number of aliphatic imine (C=N–C) groups is 1. The number of rotatable bonds is 25. The van der Waals surface area contributed by atoms with Gasteiger partial charge in [-0.3, -0.25) is 14.6 Å². The Morgan fingerprint density at radius 1 is 0.925 bits per heavy atom. The topological polar surface area (TPSA) is 194 Å². The molecular formula is C53H88N2O12. The van der Waals surface area contributed by atoms with Crippen LogP contribution < -0.4 is 0 Å². The predicted molar refractivity (Wildman–Crippen MR) is 261 cm³/mol. The third-order valence-electron chi connectivity index (χ3n) is 14.6. The van der Waals surface area contributed by atoms with Crippen molar-refractivity contribution in [1.29, 1.82) is 0 Å². The number of allylic oxidation sites excluding steroid dienone is 4. The monoisotopic (exact) mass is 945 g/mol. The molecular weight excluding hydrogens is 857 g/mol. The summed E-state index contributed by atoms with van der Waals surface area (Å²) in [6, 6.07) is -1.10. The Hall–Kier alpha value is -3.08. The van der Waals surface area contributed by atoms with Crippen LogP contribution >= 0.6 is 0 Å². The molecule has 0 aromatic carbocycles. The molecule has 3 aliphatic rings. The third kappa shape index (κ3) is 16.2. The van der Waals surface area contributed by atoms with Crippen molar-refractivity contribution in [3.8, 4) is 0 Å². The molecule has 14 nitrogen and oxygen atoms in total. The number of carbonyl (C=O) groups excluding carboxylic acids is 3. The second kappa shape index (κ2) is 27.9. The Kier molecular flexibility index (Phi) is 24.3. The Morgan fingerprint density at radius 3 is 2.24 bits per heavy atom. The molecule has 0 aromatic rings. The molecule has 15 atom stereocenters. The predicted octanol–water partition coefficient (Wildman–Crippen LogP) is 7.11. The first-order valence-corrected chi connectivity index (χ1v) is 24.9. The average Bonchev–Trinajstić information content (AvgIpc) is 3.30. The number of hydrogen-bond acceptors (Lipinski definition) is 13. The van der Waals surface area contributed by atoms with Gasteiger partial charge in [0.15, 0.2) is 0 Å². The van der Waals surface area contributed by atoms with Crippen molar-refractivity contribution >= 4 is 23.4 Å². The maximum atomic E-state index is 14.5. The Bertz CT molecular complexity index is 1710. The number of esters is 1. The van der Waals surface area contributed by atoms with Gasteiger partial charge >= 0.3 is 5.97 Å². The molecule has 1 saturated carbocycles. The number of piperidine rings is 1. The van der Waals surface area contributed by atoms with Crippen LogP contribution in [0.1, 0.15) is 132 Å². The van der Waals surface area contributed by atoms with Crippen LogP contribution in [0, 0.1) is 35.5 Å². The number of nitrogens with zero attached hydrogens (tertiary/aromatic N) is 2. The molecule has 1 aliphatic carbocycles. The molecule has 0 unspecified atom stereocenters. The van der Waals surface area contributed by atoms with Gasteiger partial charge in [0, 0.05) is 65.3 Å². The summed E-state index contributed by atoms with van der Waals surface area (Å²) in [5.74, 6) is -5.95. The van der Waals surface area contributed by atoms with Crippen LogP contribution in [0.5, 0.6) is 0 Å². The molecule has 0 aromatic heterocycles. The number of ether oxygens (including phenoxy) is 5. The number of amides is 1. The highest BCUT2D eigenvalue weighted by Crippen LogP contribution is 2.38. The summed E-state index contributed by atoms with van der Waals surface area (Å²) in [7, 11) is 6.43. The third-order valence-corrected chi connectivity index (χ3v) is 14.6. The van der Waals surface area contributed by atoms with Crippen molar-refractivity contribution in [3.05, 3.63) is 48.1 Å². The van der Waals surface area contributed by atoms with Crippen LogP contribution in [0.25, 0.3) is 0 Å². The van der Waals surface area contributed by atoms with Crippen molar-refractivity contribution in [2.75, 3.05) is 34.9 Å². The molecule has 0 spiro atoms. The fourth-order valence-corrected chi connectivity index (χ4v) is 10.5. The molecule has 0 radical (unpaired) electrons. The number of ketones is 1. The standard InChI is InChI=1S/C53H88N2O12/c1-14-15-16-19-33(4)44(63-11)30-40-23-21-38(9)53(62,67-40)50(59)51(60)55-25-18-17-20-41(55)52(61)66-45(35(6)28-39-22-24-42(56)46(29-39)64-12)31-43(57)34(5)27-37(8)48(58)49(65-13)47(54-10)36(7)26-32(2)3/h14-16,19,27,32,34-36,38-46,48-49,56-58,62H,1,17-18,20-26,28-31H2,2-13H3/b16-15+,33-19+,37-27+,54-47?/t34-,35-,36-,38-,39+,40+,41+,42-,43-,44+,45+,46-,48-,49+,53-/m1/s1. The summed E-state index contributed by atoms with van der Waals surface area (Å²) in [6.07, 6.45) is 10.0. The van der Waals surface area contributed by atoms with Crippen LogP contribution in [0.4, 0.5) is 0 Å². The zero-order valence-electron chi connectivity index (χ0n) is 42.9. The molecule has 1 amide bonds. The highest BCUT2D eigenvalue weighted by Gasteiger charge is 2.53. The second-order valence-corrected chi connectivity index (χ2v) is 20.3. The fraction of sp³-hybridized carbons (Fsp3) is 0.774. The van der Waals surface area contributed by atoms with E-state index in [0.717, 1.165) is 24.1 Å². The SMILES string of the molecule is C=C/C=C/C=C(\C)[C@H](C[C@@H]1CC[C@@H](C)[C@](O)(C(=O)C(=O)N2CCCC[C@H]2C(=O)O[C@@H](C[C@@H](O)[C@H](C)/C=C(\C)[C@@H](O)[C@@H](OC)C(=NC)[C@H](C)CC(C)C)[C@H](C)C[C@@H]2CC[C@@H](O)[C@H](OC)C2)O1)OC. The lowest BCUT2D eigenvalue weighted by molar-refractivity contribution is -0.265. The molecule has 2 aliphatic heterocycles. The molecule has 67 heavy (non-hydrogen) atoms. The van der Waals surface area contributed by atoms with Gasteiger partial charge < -0.3 is 49.0 Å². The van der Waals surface area contributed by atoms with E-state index in [9.17, 15) is 34.8 Å². The molecule has 14 heteroatoms. The van der Waals surface area contributed by atoms with Crippen LogP contribution in [-0.4, -0.2) is 144 Å². The Balaban J connectivity index is 1.87. The van der Waals surface area contributed by atoms with Gasteiger partial charge in [-0.15, -0.1) is 0 Å². The maximum Gasteiger partial charge on any atom is 0.329 e. The maximum absolute atomic E-state index is 14.5. The number of aliphatic hydroxyl groups excluding tert-OH is 3. The molecule has 4 N–H and O–H groups in total. The van der Waals surface area contributed by atoms with E-state index in [2.05, 4.69) is 32.3 Å². The lowest BCUT2D eigenvalue weighted by atomic mass is 9.78. The van der Waals surface area contributed by atoms with E-state index in [-0.39, 0.29) is 49.3 Å². The van der Waals surface area contributed by atoms with Crippen LogP contribution in [0.2, 0.25) is 0 Å². The van der Waals surface area contributed by atoms with Crippen LogP contribution in [0.3, 0.4) is 0 Å². The average molecular weight is 945 g/mol. The van der Waals surface area contributed by atoms with E-state index in [0.29, 0.717) is 62.9 Å². The molecule has 382 valence electrons. The minimum Gasteiger partial charge on any atom is -0.460 e. The quantitative estimate of drug-likeness (QED) is 0.0239.